The zero-order valence-corrected chi connectivity index (χ0v) is 16.6. The molecule has 1 fully saturated rings. The molecule has 1 N–H and O–H groups in total. The Balaban J connectivity index is 1.33. The molecule has 148 valence electrons. The van der Waals surface area contributed by atoms with Crippen LogP contribution in [0.3, 0.4) is 0 Å². The summed E-state index contributed by atoms with van der Waals surface area (Å²) in [4.78, 5) is 15.1. The summed E-state index contributed by atoms with van der Waals surface area (Å²) in [5, 5.41) is 8.93. The second-order valence-electron chi connectivity index (χ2n) is 7.00. The van der Waals surface area contributed by atoms with Crippen molar-refractivity contribution in [2.45, 2.75) is 25.8 Å². The third-order valence-corrected chi connectivity index (χ3v) is 5.90. The van der Waals surface area contributed by atoms with Crippen molar-refractivity contribution < 1.29 is 4.39 Å². The zero-order chi connectivity index (χ0) is 19.8. The molecule has 0 amide bonds. The van der Waals surface area contributed by atoms with Gasteiger partial charge in [-0.1, -0.05) is 0 Å². The predicted octanol–water partition coefficient (Wildman–Crippen LogP) is 3.17. The van der Waals surface area contributed by atoms with Crippen LogP contribution in [-0.4, -0.2) is 48.1 Å². The minimum atomic E-state index is -0.516. The molecule has 1 aliphatic heterocycles. The molecule has 4 aromatic heterocycles. The number of rotatable bonds is 4. The van der Waals surface area contributed by atoms with Crippen molar-refractivity contribution in [1.29, 1.82) is 0 Å². The summed E-state index contributed by atoms with van der Waals surface area (Å²) in [5.74, 6) is 0.851. The normalized spacial score (nSPS) is 15.2. The molecule has 4 aromatic rings. The average molecular weight is 410 g/mol. The lowest BCUT2D eigenvalue weighted by molar-refractivity contribution is 0.523. The summed E-state index contributed by atoms with van der Waals surface area (Å²) < 4.78 is 20.1. The number of aryl methyl sites for hydroxylation is 1. The molecule has 0 aromatic carbocycles. The Morgan fingerprint density at radius 1 is 1.14 bits per heavy atom. The Bertz CT molecular complexity index is 1150. The van der Waals surface area contributed by atoms with E-state index in [4.69, 9.17) is 0 Å². The van der Waals surface area contributed by atoms with Gasteiger partial charge < -0.3 is 10.2 Å². The summed E-state index contributed by atoms with van der Waals surface area (Å²) in [5.41, 5.74) is 1.68. The number of pyridine rings is 2. The monoisotopic (exact) mass is 410 g/mol. The first-order valence-electron chi connectivity index (χ1n) is 9.45. The van der Waals surface area contributed by atoms with Gasteiger partial charge in [-0.2, -0.15) is 13.7 Å². The molecule has 0 bridgehead atoms. The molecule has 1 saturated heterocycles. The van der Waals surface area contributed by atoms with Gasteiger partial charge in [-0.25, -0.2) is 14.5 Å². The molecule has 5 rings (SSSR count). The minimum absolute atomic E-state index is 0.274. The van der Waals surface area contributed by atoms with Gasteiger partial charge in [0.1, 0.15) is 5.82 Å². The first-order chi connectivity index (χ1) is 14.2. The predicted molar refractivity (Wildman–Crippen MR) is 110 cm³/mol. The van der Waals surface area contributed by atoms with Gasteiger partial charge in [0.15, 0.2) is 5.65 Å². The number of nitrogens with one attached hydrogen (secondary N) is 1. The fourth-order valence-electron chi connectivity index (χ4n) is 3.58. The van der Waals surface area contributed by atoms with Crippen LogP contribution in [-0.2, 0) is 0 Å². The first-order valence-corrected chi connectivity index (χ1v) is 10.2. The van der Waals surface area contributed by atoms with E-state index in [1.165, 1.54) is 17.7 Å². The van der Waals surface area contributed by atoms with Gasteiger partial charge in [-0.3, -0.25) is 0 Å². The molecule has 29 heavy (non-hydrogen) atoms. The summed E-state index contributed by atoms with van der Waals surface area (Å²) in [6.07, 6.45) is 5.16. The fourth-order valence-corrected chi connectivity index (χ4v) is 4.30. The van der Waals surface area contributed by atoms with Gasteiger partial charge in [-0.05, 0) is 44.0 Å². The highest BCUT2D eigenvalue weighted by Crippen LogP contribution is 2.27. The van der Waals surface area contributed by atoms with Crippen LogP contribution < -0.4 is 10.2 Å². The molecule has 8 nitrogen and oxygen atoms in total. The van der Waals surface area contributed by atoms with Gasteiger partial charge >= 0.3 is 0 Å². The van der Waals surface area contributed by atoms with Gasteiger partial charge in [0.25, 0.3) is 0 Å². The van der Waals surface area contributed by atoms with Crippen LogP contribution >= 0.6 is 11.5 Å². The Labute approximate surface area is 170 Å². The van der Waals surface area contributed by atoms with Gasteiger partial charge in [0.2, 0.25) is 17.0 Å². The quantitative estimate of drug-likeness (QED) is 0.517. The average Bonchev–Trinajstić information content (AvgIpc) is 3.34. The van der Waals surface area contributed by atoms with Gasteiger partial charge in [-0.15, -0.1) is 5.10 Å². The first kappa shape index (κ1) is 17.9. The fraction of sp³-hybridized carbons (Fsp3) is 0.316. The number of anilines is 2. The molecule has 0 radical (unpaired) electrons. The van der Waals surface area contributed by atoms with E-state index in [0.29, 0.717) is 22.7 Å². The minimum Gasteiger partial charge on any atom is -0.350 e. The molecule has 0 atom stereocenters. The van der Waals surface area contributed by atoms with Crippen molar-refractivity contribution in [1.82, 2.24) is 28.9 Å². The molecule has 0 unspecified atom stereocenters. The molecule has 0 saturated carbocycles. The zero-order valence-electron chi connectivity index (χ0n) is 15.8. The maximum atomic E-state index is 14.2. The number of fused-ring (bicyclic) bond motifs is 1. The molecule has 0 spiro atoms. The smallest absolute Gasteiger partial charge is 0.243 e. The summed E-state index contributed by atoms with van der Waals surface area (Å²) >= 11 is 1.45. The topological polar surface area (TPSA) is 84.1 Å². The van der Waals surface area contributed by atoms with Crippen LogP contribution in [0.2, 0.25) is 0 Å². The number of piperidine rings is 1. The second kappa shape index (κ2) is 7.36. The Kier molecular flexibility index (Phi) is 4.55. The van der Waals surface area contributed by atoms with E-state index in [9.17, 15) is 4.39 Å². The molecule has 1 aliphatic rings. The van der Waals surface area contributed by atoms with Crippen molar-refractivity contribution in [2.75, 3.05) is 23.3 Å². The third-order valence-electron chi connectivity index (χ3n) is 5.03. The number of aromatic nitrogens is 6. The van der Waals surface area contributed by atoms with E-state index < -0.39 is 5.95 Å². The van der Waals surface area contributed by atoms with E-state index in [1.54, 1.807) is 16.6 Å². The molecule has 10 heteroatoms. The third kappa shape index (κ3) is 3.51. The highest BCUT2D eigenvalue weighted by molar-refractivity contribution is 7.09. The Hall–Kier alpha value is -3.14. The number of hydrogen-bond donors (Lipinski definition) is 1. The molecular formula is C19H19FN8S. The van der Waals surface area contributed by atoms with E-state index >= 15 is 0 Å². The lowest BCUT2D eigenvalue weighted by Gasteiger charge is -2.31. The van der Waals surface area contributed by atoms with Crippen molar-refractivity contribution >= 4 is 28.3 Å². The van der Waals surface area contributed by atoms with Gasteiger partial charge in [0, 0.05) is 54.2 Å². The van der Waals surface area contributed by atoms with Gasteiger partial charge in [0.05, 0.1) is 0 Å². The molecule has 5 heterocycles. The van der Waals surface area contributed by atoms with Crippen LogP contribution in [0.5, 0.6) is 0 Å². The van der Waals surface area contributed by atoms with Crippen molar-refractivity contribution in [3.63, 3.8) is 0 Å². The van der Waals surface area contributed by atoms with E-state index in [0.717, 1.165) is 36.9 Å². The van der Waals surface area contributed by atoms with Crippen molar-refractivity contribution in [3.8, 4) is 11.1 Å². The summed E-state index contributed by atoms with van der Waals surface area (Å²) in [6, 6.07) is 7.34. The Morgan fingerprint density at radius 3 is 2.72 bits per heavy atom. The molecule has 0 aliphatic carbocycles. The van der Waals surface area contributed by atoms with Crippen LogP contribution in [0.25, 0.3) is 16.8 Å². The van der Waals surface area contributed by atoms with E-state index in [1.807, 2.05) is 25.3 Å². The lowest BCUT2D eigenvalue weighted by atomic mass is 10.1. The number of halogens is 1. The van der Waals surface area contributed by atoms with Crippen LogP contribution in [0.15, 0.2) is 36.7 Å². The standard InChI is InChI=1S/C19H19FN8S/c1-12-22-19(29-26-12)27-10-6-13(7-11-27)23-18-24-17-15(5-3-9-28(17)25-18)14-4-2-8-21-16(14)20/h2-5,8-9,13H,6-7,10-11H2,1H3,(H,23,25). The summed E-state index contributed by atoms with van der Waals surface area (Å²) in [6.45, 7) is 3.73. The maximum absolute atomic E-state index is 14.2. The van der Waals surface area contributed by atoms with Crippen molar-refractivity contribution in [3.05, 3.63) is 48.4 Å². The number of hydrogen-bond acceptors (Lipinski definition) is 8. The van der Waals surface area contributed by atoms with Crippen LogP contribution in [0.4, 0.5) is 15.5 Å². The van der Waals surface area contributed by atoms with Crippen LogP contribution in [0, 0.1) is 12.9 Å². The second-order valence-corrected chi connectivity index (χ2v) is 7.73. The highest BCUT2D eigenvalue weighted by atomic mass is 32.1. The largest absolute Gasteiger partial charge is 0.350 e. The number of nitrogens with zero attached hydrogens (tertiary/aromatic N) is 7. The SMILES string of the molecule is Cc1nsc(N2CCC(Nc3nc4c(-c5cccnc5F)cccn4n3)CC2)n1. The highest BCUT2D eigenvalue weighted by Gasteiger charge is 2.23. The van der Waals surface area contributed by atoms with Crippen LogP contribution in [0.1, 0.15) is 18.7 Å². The van der Waals surface area contributed by atoms with Crippen molar-refractivity contribution in [2.24, 2.45) is 0 Å². The molecular weight excluding hydrogens is 391 g/mol. The summed E-state index contributed by atoms with van der Waals surface area (Å²) in [7, 11) is 0. The van der Waals surface area contributed by atoms with E-state index in [-0.39, 0.29) is 6.04 Å². The maximum Gasteiger partial charge on any atom is 0.243 e. The Morgan fingerprint density at radius 2 is 1.97 bits per heavy atom. The van der Waals surface area contributed by atoms with E-state index in [2.05, 4.69) is 34.6 Å². The lowest BCUT2D eigenvalue weighted by Crippen LogP contribution is -2.39.